The molecule has 34 heavy (non-hydrogen) atoms. The predicted molar refractivity (Wildman–Crippen MR) is 122 cm³/mol. The number of halogens is 4. The Labute approximate surface area is 202 Å². The summed E-state index contributed by atoms with van der Waals surface area (Å²) in [5.41, 5.74) is -0.489. The molecule has 0 saturated carbocycles. The van der Waals surface area contributed by atoms with E-state index in [4.69, 9.17) is 20.8 Å². The van der Waals surface area contributed by atoms with Gasteiger partial charge >= 0.3 is 6.18 Å². The third kappa shape index (κ3) is 4.32. The van der Waals surface area contributed by atoms with Crippen LogP contribution in [-0.2, 0) is 11.0 Å². The van der Waals surface area contributed by atoms with Crippen molar-refractivity contribution in [2.75, 3.05) is 12.0 Å². The number of thiol groups is 1. The van der Waals surface area contributed by atoms with E-state index in [9.17, 15) is 23.2 Å². The van der Waals surface area contributed by atoms with Gasteiger partial charge < -0.3 is 19.4 Å². The van der Waals surface area contributed by atoms with Crippen LogP contribution in [0.2, 0.25) is 5.02 Å². The maximum atomic E-state index is 13.2. The zero-order valence-corrected chi connectivity index (χ0v) is 19.0. The lowest BCUT2D eigenvalue weighted by Gasteiger charge is -2.36. The number of alkyl halides is 3. The molecule has 0 bridgehead atoms. The van der Waals surface area contributed by atoms with Crippen molar-refractivity contribution in [1.82, 2.24) is 5.32 Å². The van der Waals surface area contributed by atoms with Gasteiger partial charge in [-0.2, -0.15) is 18.4 Å². The standard InChI is InChI=1S/C23H15ClF3N3O3S/c1-32-14-5-3-13(4-6-14)30-20(29-21(31)16(11-28)22(30)34)19-9-8-18(33-19)15-10-12(23(25,26)27)2-7-17(15)24/h2-10,20,34H,1H3,(H,29,31). The van der Waals surface area contributed by atoms with Crippen LogP contribution in [0.4, 0.5) is 18.9 Å². The second-order valence-electron chi connectivity index (χ2n) is 7.15. The molecule has 174 valence electrons. The molecule has 1 atom stereocenters. The van der Waals surface area contributed by atoms with E-state index in [1.54, 1.807) is 29.2 Å². The van der Waals surface area contributed by atoms with E-state index >= 15 is 0 Å². The SMILES string of the molecule is COc1ccc(N2C(S)=C(C#N)C(=O)NC2c2ccc(-c3cc(C(F)(F)F)ccc3Cl)o2)cc1. The van der Waals surface area contributed by atoms with Crippen LogP contribution in [0.15, 0.2) is 69.6 Å². The van der Waals surface area contributed by atoms with Crippen molar-refractivity contribution >= 4 is 35.8 Å². The van der Waals surface area contributed by atoms with Crippen molar-refractivity contribution in [3.05, 3.63) is 81.5 Å². The van der Waals surface area contributed by atoms with Crippen molar-refractivity contribution in [2.24, 2.45) is 0 Å². The van der Waals surface area contributed by atoms with E-state index in [0.717, 1.165) is 18.2 Å². The highest BCUT2D eigenvalue weighted by Gasteiger charge is 2.36. The number of nitrogens with zero attached hydrogens (tertiary/aromatic N) is 2. The number of nitrogens with one attached hydrogen (secondary N) is 1. The second kappa shape index (κ2) is 9.00. The average molecular weight is 506 g/mol. The summed E-state index contributed by atoms with van der Waals surface area (Å²) in [6, 6.07) is 14.5. The maximum absolute atomic E-state index is 13.2. The summed E-state index contributed by atoms with van der Waals surface area (Å²) in [7, 11) is 1.51. The predicted octanol–water partition coefficient (Wildman–Crippen LogP) is 5.93. The third-order valence-electron chi connectivity index (χ3n) is 5.12. The van der Waals surface area contributed by atoms with Crippen molar-refractivity contribution in [3.8, 4) is 23.1 Å². The van der Waals surface area contributed by atoms with Gasteiger partial charge in [0.05, 0.1) is 22.7 Å². The van der Waals surface area contributed by atoms with Gasteiger partial charge in [-0.25, -0.2) is 0 Å². The molecule has 1 aliphatic heterocycles. The number of rotatable bonds is 4. The number of carbonyl (C=O) groups is 1. The summed E-state index contributed by atoms with van der Waals surface area (Å²) in [5.74, 6) is 0.185. The Morgan fingerprint density at radius 3 is 2.50 bits per heavy atom. The van der Waals surface area contributed by atoms with E-state index in [0.29, 0.717) is 11.4 Å². The molecule has 1 aliphatic rings. The van der Waals surface area contributed by atoms with Crippen LogP contribution in [0.5, 0.6) is 5.75 Å². The van der Waals surface area contributed by atoms with Gasteiger partial charge in [0, 0.05) is 11.3 Å². The van der Waals surface area contributed by atoms with Crippen LogP contribution >= 0.6 is 24.2 Å². The van der Waals surface area contributed by atoms with Crippen LogP contribution in [0.3, 0.4) is 0 Å². The van der Waals surface area contributed by atoms with Crippen LogP contribution in [0.25, 0.3) is 11.3 Å². The summed E-state index contributed by atoms with van der Waals surface area (Å²) >= 11 is 10.5. The molecule has 1 N–H and O–H groups in total. The van der Waals surface area contributed by atoms with Crippen LogP contribution in [-0.4, -0.2) is 13.0 Å². The lowest BCUT2D eigenvalue weighted by atomic mass is 10.1. The fraction of sp³-hybridized carbons (Fsp3) is 0.130. The number of amides is 1. The molecule has 1 unspecified atom stereocenters. The quantitative estimate of drug-likeness (QED) is 0.430. The number of anilines is 1. The van der Waals surface area contributed by atoms with Crippen molar-refractivity contribution in [3.63, 3.8) is 0 Å². The molecule has 0 saturated heterocycles. The molecule has 2 aromatic carbocycles. The van der Waals surface area contributed by atoms with Gasteiger partial charge in [-0.1, -0.05) is 11.6 Å². The van der Waals surface area contributed by atoms with Gasteiger partial charge in [-0.05, 0) is 54.6 Å². The lowest BCUT2D eigenvalue weighted by Crippen LogP contribution is -2.45. The smallest absolute Gasteiger partial charge is 0.416 e. The first-order chi connectivity index (χ1) is 16.1. The number of hydrogen-bond acceptors (Lipinski definition) is 6. The molecule has 1 amide bonds. The zero-order chi connectivity index (χ0) is 24.6. The number of benzene rings is 2. The molecule has 4 rings (SSSR count). The topological polar surface area (TPSA) is 78.5 Å². The molecule has 1 aromatic heterocycles. The van der Waals surface area contributed by atoms with Gasteiger partial charge in [0.15, 0.2) is 6.17 Å². The van der Waals surface area contributed by atoms with E-state index in [1.807, 2.05) is 6.07 Å². The minimum absolute atomic E-state index is 0.0419. The minimum Gasteiger partial charge on any atom is -0.497 e. The fourth-order valence-corrected chi connectivity index (χ4v) is 4.05. The first-order valence-electron chi connectivity index (χ1n) is 9.68. The Kier molecular flexibility index (Phi) is 6.25. The van der Waals surface area contributed by atoms with Gasteiger partial charge in [-0.3, -0.25) is 4.79 Å². The molecule has 3 aromatic rings. The molecular weight excluding hydrogens is 491 g/mol. The number of ether oxygens (including phenoxy) is 1. The molecule has 0 radical (unpaired) electrons. The fourth-order valence-electron chi connectivity index (χ4n) is 3.45. The molecule has 11 heteroatoms. The number of hydrogen-bond donors (Lipinski definition) is 2. The summed E-state index contributed by atoms with van der Waals surface area (Å²) in [4.78, 5) is 14.1. The van der Waals surface area contributed by atoms with Crippen LogP contribution in [0, 0.1) is 11.3 Å². The molecular formula is C23H15ClF3N3O3S. The van der Waals surface area contributed by atoms with E-state index in [2.05, 4.69) is 17.9 Å². The highest BCUT2D eigenvalue weighted by atomic mass is 35.5. The average Bonchev–Trinajstić information content (AvgIpc) is 3.28. The Bertz CT molecular complexity index is 1330. The summed E-state index contributed by atoms with van der Waals surface area (Å²) in [5, 5.41) is 12.2. The highest BCUT2D eigenvalue weighted by Crippen LogP contribution is 2.40. The van der Waals surface area contributed by atoms with E-state index < -0.39 is 23.8 Å². The van der Waals surface area contributed by atoms with Crippen molar-refractivity contribution < 1.29 is 27.1 Å². The van der Waals surface area contributed by atoms with Crippen LogP contribution < -0.4 is 15.0 Å². The second-order valence-corrected chi connectivity index (χ2v) is 7.98. The Balaban J connectivity index is 1.79. The third-order valence-corrected chi connectivity index (χ3v) is 5.89. The lowest BCUT2D eigenvalue weighted by molar-refractivity contribution is -0.137. The summed E-state index contributed by atoms with van der Waals surface area (Å²) in [6.07, 6.45) is -5.50. The largest absolute Gasteiger partial charge is 0.497 e. The molecule has 0 fully saturated rings. The maximum Gasteiger partial charge on any atom is 0.416 e. The van der Waals surface area contributed by atoms with Gasteiger partial charge in [-0.15, -0.1) is 12.6 Å². The van der Waals surface area contributed by atoms with Crippen LogP contribution in [0.1, 0.15) is 17.5 Å². The molecule has 2 heterocycles. The van der Waals surface area contributed by atoms with E-state index in [-0.39, 0.29) is 32.7 Å². The number of nitriles is 1. The number of furan rings is 1. The van der Waals surface area contributed by atoms with E-state index in [1.165, 1.54) is 19.2 Å². The first kappa shape index (κ1) is 23.6. The van der Waals surface area contributed by atoms with Crippen molar-refractivity contribution in [2.45, 2.75) is 12.3 Å². The first-order valence-corrected chi connectivity index (χ1v) is 10.5. The Morgan fingerprint density at radius 1 is 1.18 bits per heavy atom. The zero-order valence-electron chi connectivity index (χ0n) is 17.4. The van der Waals surface area contributed by atoms with Crippen molar-refractivity contribution in [1.29, 1.82) is 5.26 Å². The van der Waals surface area contributed by atoms with Gasteiger partial charge in [0.25, 0.3) is 5.91 Å². The number of carbonyl (C=O) groups excluding carboxylic acids is 1. The summed E-state index contributed by atoms with van der Waals surface area (Å²) < 4.78 is 50.6. The Morgan fingerprint density at radius 2 is 1.88 bits per heavy atom. The monoisotopic (exact) mass is 505 g/mol. The van der Waals surface area contributed by atoms with Gasteiger partial charge in [0.2, 0.25) is 0 Å². The normalized spacial score (nSPS) is 16.3. The Hall–Kier alpha value is -3.55. The highest BCUT2D eigenvalue weighted by molar-refractivity contribution is 7.84. The number of methoxy groups -OCH3 is 1. The summed E-state index contributed by atoms with van der Waals surface area (Å²) in [6.45, 7) is 0. The molecule has 0 spiro atoms. The molecule has 0 aliphatic carbocycles. The minimum atomic E-state index is -4.56. The van der Waals surface area contributed by atoms with Gasteiger partial charge in [0.1, 0.15) is 28.9 Å². The molecule has 6 nitrogen and oxygen atoms in total.